The fourth-order valence-electron chi connectivity index (χ4n) is 1.92. The van der Waals surface area contributed by atoms with E-state index in [1.54, 1.807) is 18.2 Å². The normalized spacial score (nSPS) is 10.8. The van der Waals surface area contributed by atoms with E-state index >= 15 is 0 Å². The molecular weight excluding hydrogens is 352 g/mol. The Labute approximate surface area is 150 Å². The lowest BCUT2D eigenvalue weighted by Crippen LogP contribution is -2.24. The highest BCUT2D eigenvalue weighted by atomic mass is 35.5. The fourth-order valence-corrected chi connectivity index (χ4v) is 2.25. The summed E-state index contributed by atoms with van der Waals surface area (Å²) >= 11 is 11.5. The fraction of sp³-hybridized carbons (Fsp3) is 0.167. The van der Waals surface area contributed by atoms with E-state index in [0.29, 0.717) is 18.5 Å². The summed E-state index contributed by atoms with van der Waals surface area (Å²) in [5.74, 6) is -0.563. The van der Waals surface area contributed by atoms with Gasteiger partial charge in [0.2, 0.25) is 0 Å². The molecule has 2 rings (SSSR count). The summed E-state index contributed by atoms with van der Waals surface area (Å²) in [6, 6.07) is 12.3. The van der Waals surface area contributed by atoms with Crippen molar-refractivity contribution < 1.29 is 13.9 Å². The molecule has 0 saturated heterocycles. The molecule has 1 amide bonds. The van der Waals surface area contributed by atoms with E-state index < -0.39 is 11.9 Å². The number of benzene rings is 2. The number of carbonyl (C=O) groups is 1. The predicted octanol–water partition coefficient (Wildman–Crippen LogP) is 5.46. The first-order chi connectivity index (χ1) is 11.6. The molecule has 0 fully saturated rings. The van der Waals surface area contributed by atoms with Crippen molar-refractivity contribution in [3.05, 3.63) is 75.5 Å². The summed E-state index contributed by atoms with van der Waals surface area (Å²) in [7, 11) is 0. The van der Waals surface area contributed by atoms with E-state index in [0.717, 1.165) is 5.56 Å². The van der Waals surface area contributed by atoms with Crippen LogP contribution in [-0.4, -0.2) is 12.6 Å². The van der Waals surface area contributed by atoms with Crippen molar-refractivity contribution in [2.24, 2.45) is 0 Å². The van der Waals surface area contributed by atoms with Gasteiger partial charge in [-0.15, -0.1) is 0 Å². The quantitative estimate of drug-likeness (QED) is 0.543. The minimum absolute atomic E-state index is 0.0864. The van der Waals surface area contributed by atoms with Gasteiger partial charge in [0.1, 0.15) is 12.4 Å². The minimum atomic E-state index is -0.563. The number of ether oxygens (including phenoxy) is 1. The molecule has 0 radical (unpaired) electrons. The van der Waals surface area contributed by atoms with Crippen LogP contribution < -0.4 is 5.32 Å². The molecule has 1 N–H and O–H groups in total. The number of rotatable bonds is 6. The van der Waals surface area contributed by atoms with Crippen LogP contribution in [0.4, 0.5) is 9.18 Å². The molecule has 6 heteroatoms. The third-order valence-electron chi connectivity index (χ3n) is 3.11. The molecule has 0 aliphatic carbocycles. The number of alkyl carbamates (subject to hydrolysis) is 1. The molecule has 0 aliphatic rings. The second kappa shape index (κ2) is 9.30. The molecule has 24 heavy (non-hydrogen) atoms. The van der Waals surface area contributed by atoms with Crippen LogP contribution in [0.1, 0.15) is 17.5 Å². The Morgan fingerprint density at radius 3 is 2.67 bits per heavy atom. The van der Waals surface area contributed by atoms with Crippen LogP contribution in [0.2, 0.25) is 10.0 Å². The first kappa shape index (κ1) is 18.3. The maximum absolute atomic E-state index is 13.4. The second-order valence-electron chi connectivity index (χ2n) is 4.98. The van der Waals surface area contributed by atoms with Gasteiger partial charge in [-0.1, -0.05) is 65.7 Å². The summed E-state index contributed by atoms with van der Waals surface area (Å²) in [6.07, 6.45) is 3.61. The number of hydrogen-bond donors (Lipinski definition) is 1. The van der Waals surface area contributed by atoms with Gasteiger partial charge in [-0.05, 0) is 29.7 Å². The van der Waals surface area contributed by atoms with Gasteiger partial charge in [-0.3, -0.25) is 0 Å². The average Bonchev–Trinajstić information content (AvgIpc) is 2.58. The van der Waals surface area contributed by atoms with Crippen LogP contribution in [0, 0.1) is 5.82 Å². The number of hydrogen-bond acceptors (Lipinski definition) is 2. The van der Waals surface area contributed by atoms with Gasteiger partial charge in [0.15, 0.2) is 0 Å². The van der Waals surface area contributed by atoms with E-state index in [4.69, 9.17) is 27.9 Å². The van der Waals surface area contributed by atoms with Crippen molar-refractivity contribution in [2.45, 2.75) is 13.0 Å². The maximum Gasteiger partial charge on any atom is 0.407 e. The largest absolute Gasteiger partial charge is 0.445 e. The summed E-state index contributed by atoms with van der Waals surface area (Å²) in [5.41, 5.74) is 1.53. The Hall–Kier alpha value is -2.04. The Morgan fingerprint density at radius 2 is 1.96 bits per heavy atom. The smallest absolute Gasteiger partial charge is 0.407 e. The van der Waals surface area contributed by atoms with Crippen molar-refractivity contribution >= 4 is 35.4 Å². The zero-order valence-corrected chi connectivity index (χ0v) is 14.3. The van der Waals surface area contributed by atoms with Crippen molar-refractivity contribution in [3.8, 4) is 0 Å². The number of amides is 1. The summed E-state index contributed by atoms with van der Waals surface area (Å²) in [4.78, 5) is 11.5. The topological polar surface area (TPSA) is 38.3 Å². The number of carbonyl (C=O) groups excluding carboxylic acids is 1. The average molecular weight is 368 g/mol. The highest BCUT2D eigenvalue weighted by molar-refractivity contribution is 6.42. The third kappa shape index (κ3) is 5.87. The molecule has 2 aromatic carbocycles. The Kier molecular flexibility index (Phi) is 7.09. The summed E-state index contributed by atoms with van der Waals surface area (Å²) < 4.78 is 18.5. The number of halogens is 3. The van der Waals surface area contributed by atoms with Gasteiger partial charge in [0.05, 0.1) is 10.0 Å². The molecule has 0 saturated carbocycles. The Balaban J connectivity index is 1.69. The van der Waals surface area contributed by atoms with Crippen LogP contribution in [0.3, 0.4) is 0 Å². The second-order valence-corrected chi connectivity index (χ2v) is 5.76. The summed E-state index contributed by atoms with van der Waals surface area (Å²) in [5, 5.41) is 2.72. The van der Waals surface area contributed by atoms with Crippen LogP contribution in [0.25, 0.3) is 6.08 Å². The minimum Gasteiger partial charge on any atom is -0.445 e. The molecule has 0 heterocycles. The highest BCUT2D eigenvalue weighted by Crippen LogP contribution is 2.26. The van der Waals surface area contributed by atoms with E-state index in [1.807, 2.05) is 30.3 Å². The van der Waals surface area contributed by atoms with Gasteiger partial charge in [-0.25, -0.2) is 9.18 Å². The molecule has 0 aliphatic heterocycles. The van der Waals surface area contributed by atoms with Crippen LogP contribution in [-0.2, 0) is 11.3 Å². The van der Waals surface area contributed by atoms with E-state index in [9.17, 15) is 9.18 Å². The van der Waals surface area contributed by atoms with E-state index in [1.165, 1.54) is 6.07 Å². The molecule has 0 unspecified atom stereocenters. The van der Waals surface area contributed by atoms with Gasteiger partial charge in [0, 0.05) is 6.54 Å². The zero-order valence-electron chi connectivity index (χ0n) is 12.8. The first-order valence-corrected chi connectivity index (χ1v) is 8.07. The predicted molar refractivity (Wildman–Crippen MR) is 94.7 cm³/mol. The Morgan fingerprint density at radius 1 is 1.21 bits per heavy atom. The number of nitrogens with one attached hydrogen (secondary N) is 1. The monoisotopic (exact) mass is 367 g/mol. The van der Waals surface area contributed by atoms with E-state index in [2.05, 4.69) is 5.32 Å². The van der Waals surface area contributed by atoms with Crippen molar-refractivity contribution in [1.29, 1.82) is 0 Å². The van der Waals surface area contributed by atoms with Crippen LogP contribution in [0.5, 0.6) is 0 Å². The molecular formula is C18H16Cl2FNO2. The highest BCUT2D eigenvalue weighted by Gasteiger charge is 2.05. The van der Waals surface area contributed by atoms with Crippen molar-refractivity contribution in [2.75, 3.05) is 6.54 Å². The molecule has 3 nitrogen and oxygen atoms in total. The van der Waals surface area contributed by atoms with Crippen molar-refractivity contribution in [1.82, 2.24) is 5.32 Å². The van der Waals surface area contributed by atoms with E-state index in [-0.39, 0.29) is 16.7 Å². The van der Waals surface area contributed by atoms with Gasteiger partial charge in [0.25, 0.3) is 0 Å². The van der Waals surface area contributed by atoms with Crippen LogP contribution in [0.15, 0.2) is 48.5 Å². The molecule has 0 spiro atoms. The van der Waals surface area contributed by atoms with Crippen LogP contribution >= 0.6 is 23.2 Å². The molecule has 0 atom stereocenters. The lowest BCUT2D eigenvalue weighted by Gasteiger charge is -2.06. The maximum atomic E-state index is 13.4. The molecule has 0 aromatic heterocycles. The lowest BCUT2D eigenvalue weighted by atomic mass is 10.2. The Bertz CT molecular complexity index is 697. The molecule has 126 valence electrons. The molecule has 0 bridgehead atoms. The molecule has 2 aromatic rings. The van der Waals surface area contributed by atoms with Gasteiger partial charge >= 0.3 is 6.09 Å². The SMILES string of the molecule is O=C(NCCC=Cc1cc(F)c(Cl)c(Cl)c1)OCc1ccccc1. The first-order valence-electron chi connectivity index (χ1n) is 7.32. The van der Waals surface area contributed by atoms with Crippen molar-refractivity contribution in [3.63, 3.8) is 0 Å². The summed E-state index contributed by atoms with van der Waals surface area (Å²) in [6.45, 7) is 0.638. The zero-order chi connectivity index (χ0) is 17.4. The lowest BCUT2D eigenvalue weighted by molar-refractivity contribution is 0.140. The van der Waals surface area contributed by atoms with Gasteiger partial charge in [-0.2, -0.15) is 0 Å². The standard InChI is InChI=1S/C18H16Cl2FNO2/c19-15-10-14(11-16(21)17(15)20)8-4-5-9-22-18(23)24-12-13-6-2-1-3-7-13/h1-4,6-8,10-11H,5,9,12H2,(H,22,23). The third-order valence-corrected chi connectivity index (χ3v) is 3.89. The van der Waals surface area contributed by atoms with Gasteiger partial charge < -0.3 is 10.1 Å².